The van der Waals surface area contributed by atoms with Crippen LogP contribution in [0.15, 0.2) is 46.8 Å². The zero-order chi connectivity index (χ0) is 57.4. The fourth-order valence-electron chi connectivity index (χ4n) is 19.8. The summed E-state index contributed by atoms with van der Waals surface area (Å²) in [6.45, 7) is 41.1. The lowest BCUT2D eigenvalue weighted by Gasteiger charge is -2.68. The molecule has 12 heteroatoms. The summed E-state index contributed by atoms with van der Waals surface area (Å²) in [6, 6.07) is 0. The molecule has 78 heavy (non-hydrogen) atoms. The van der Waals surface area contributed by atoms with Gasteiger partial charge in [0.15, 0.2) is 23.1 Å². The molecule has 0 aromatic carbocycles. The minimum absolute atomic E-state index is 0. The number of carbonyl (C=O) groups is 6. The zero-order valence-corrected chi connectivity index (χ0v) is 48.4. The summed E-state index contributed by atoms with van der Waals surface area (Å²) in [6.07, 6.45) is 11.8. The van der Waals surface area contributed by atoms with Gasteiger partial charge in [-0.2, -0.15) is 13.2 Å². The van der Waals surface area contributed by atoms with Gasteiger partial charge in [-0.05, 0) is 170 Å². The number of nitrogens with zero attached hydrogens (tertiary/aromatic N) is 2. The molecule has 0 N–H and O–H groups in total. The number of carbonyl (C=O) groups excluding carboxylic acids is 6. The first-order chi connectivity index (χ1) is 35.5. The Kier molecular flexibility index (Phi) is 15.7. The van der Waals surface area contributed by atoms with E-state index < -0.39 is 57.4 Å². The first-order valence-corrected chi connectivity index (χ1v) is 28.5. The van der Waals surface area contributed by atoms with E-state index in [0.717, 1.165) is 75.4 Å². The summed E-state index contributed by atoms with van der Waals surface area (Å²) < 4.78 is 45.3. The first kappa shape index (κ1) is 61.7. The van der Waals surface area contributed by atoms with Gasteiger partial charge in [0, 0.05) is 53.1 Å². The number of hydrogen-bond donors (Lipinski definition) is 0. The number of alkyl halides is 3. The van der Waals surface area contributed by atoms with Crippen molar-refractivity contribution < 1.29 is 43.3 Å². The van der Waals surface area contributed by atoms with E-state index in [4.69, 9.17) is 26.1 Å². The quantitative estimate of drug-likeness (QED) is 0.205. The highest BCUT2D eigenvalue weighted by Gasteiger charge is 2.72. The lowest BCUT2D eigenvalue weighted by Crippen LogP contribution is -2.65. The third-order valence-corrected chi connectivity index (χ3v) is 24.9. The van der Waals surface area contributed by atoms with Crippen molar-refractivity contribution >= 4 is 45.8 Å². The van der Waals surface area contributed by atoms with Crippen LogP contribution in [-0.2, 0) is 28.8 Å². The summed E-state index contributed by atoms with van der Waals surface area (Å²) in [5, 5.41) is -0.257. The lowest BCUT2D eigenvalue weighted by molar-refractivity contribution is -0.179. The molecule has 8 nitrogen and oxygen atoms in total. The van der Waals surface area contributed by atoms with Crippen molar-refractivity contribution in [2.45, 2.75) is 214 Å². The molecule has 0 amide bonds. The molecule has 10 aliphatic rings. The highest BCUT2D eigenvalue weighted by Crippen LogP contribution is 2.76. The zero-order valence-electron chi connectivity index (χ0n) is 48.6. The average molecular weight is 1100 g/mol. The molecule has 0 spiro atoms. The van der Waals surface area contributed by atoms with Gasteiger partial charge in [-0.1, -0.05) is 129 Å². The molecular formula is C66H92ClF3N2O6. The Bertz CT molecular complexity index is 2800. The van der Waals surface area contributed by atoms with E-state index in [0.29, 0.717) is 25.7 Å². The molecule has 0 heterocycles. The van der Waals surface area contributed by atoms with Crippen molar-refractivity contribution in [2.75, 3.05) is 0 Å². The Morgan fingerprint density at radius 1 is 0.603 bits per heavy atom. The van der Waals surface area contributed by atoms with E-state index in [2.05, 4.69) is 78.9 Å². The highest BCUT2D eigenvalue weighted by atomic mass is 35.5. The third kappa shape index (κ3) is 8.73. The number of hydrogen-bond acceptors (Lipinski definition) is 6. The fraction of sp³-hybridized carbons (Fsp3) is 0.758. The van der Waals surface area contributed by atoms with Gasteiger partial charge in [-0.15, -0.1) is 0 Å². The second-order valence-electron chi connectivity index (χ2n) is 28.9. The Morgan fingerprint density at radius 2 is 0.962 bits per heavy atom. The Labute approximate surface area is 472 Å². The highest BCUT2D eigenvalue weighted by molar-refractivity contribution is 6.64. The van der Waals surface area contributed by atoms with Crippen LogP contribution in [0.1, 0.15) is 209 Å². The molecule has 0 bridgehead atoms. The van der Waals surface area contributed by atoms with Crippen LogP contribution >= 0.6 is 11.6 Å². The van der Waals surface area contributed by atoms with Crippen molar-refractivity contribution in [3.8, 4) is 0 Å². The number of ketones is 5. The maximum absolute atomic E-state index is 14.4. The summed E-state index contributed by atoms with van der Waals surface area (Å²) in [7, 11) is 1.25. The van der Waals surface area contributed by atoms with E-state index in [1.807, 2.05) is 32.1 Å². The number of Topliss-reactive ketones (excluding diaryl/α,β-unsaturated/α-hetero) is 3. The van der Waals surface area contributed by atoms with Crippen LogP contribution in [0.3, 0.4) is 0 Å². The second-order valence-corrected chi connectivity index (χ2v) is 29.2. The number of halogens is 4. The van der Waals surface area contributed by atoms with E-state index in [9.17, 15) is 41.9 Å². The van der Waals surface area contributed by atoms with Crippen molar-refractivity contribution in [1.82, 2.24) is 0 Å². The van der Waals surface area contributed by atoms with Gasteiger partial charge in [-0.25, -0.2) is 9.69 Å². The Hall–Kier alpha value is -3.96. The van der Waals surface area contributed by atoms with Gasteiger partial charge in [0.25, 0.3) is 0 Å². The normalized spacial score (nSPS) is 44.4. The van der Waals surface area contributed by atoms with E-state index in [-0.39, 0.29) is 123 Å². The molecule has 16 atom stereocenters. The van der Waals surface area contributed by atoms with Crippen LogP contribution in [0.2, 0.25) is 0 Å². The van der Waals surface area contributed by atoms with E-state index >= 15 is 0 Å². The van der Waals surface area contributed by atoms with Crippen molar-refractivity contribution in [3.63, 3.8) is 0 Å². The smallest absolute Gasteiger partial charge is 0.308 e. The average Bonchev–Trinajstić information content (AvgIpc) is 3.44. The molecule has 0 aliphatic heterocycles. The molecule has 6 saturated carbocycles. The van der Waals surface area contributed by atoms with E-state index in [1.54, 1.807) is 6.08 Å². The lowest BCUT2D eigenvalue weighted by atomic mass is 9.34. The van der Waals surface area contributed by atoms with Crippen LogP contribution in [-0.4, -0.2) is 40.3 Å². The topological polar surface area (TPSA) is 111 Å². The summed E-state index contributed by atoms with van der Waals surface area (Å²) in [4.78, 5) is 88.2. The van der Waals surface area contributed by atoms with Gasteiger partial charge in [0.1, 0.15) is 5.78 Å². The Morgan fingerprint density at radius 3 is 1.33 bits per heavy atom. The maximum atomic E-state index is 14.4. The standard InChI is InChI=1S/C33H42F3NO3.C30H38ClNO3.3CH4/c1-19-20-8-10-30(5)24(29(20,4)18-22(37-7)27(19)40)16-23(38)26-21-17-28(2,3)12-14-32(21,15-13-31(26,30)6)25(39)9-11-33(34,35)36;1-17-18-8-9-28(5)22(27(18,4)16-20(32-7)24(17)34)14-21(33)23-19-15-26(2,3)10-12-30(19,25(31)35)13-11-29(23,28)6;;;/h16,18-21,26H,8-15,17H2,1-6H3;14,16-19,23H,8-13,15H2,1-6H3;3*1H4/t19-,20-,21-,26-,29-,30+,31+,32-;17-,18-,19-,23-,27-,28+,29+,30-;;;/m00.../s1/i;;1T;;. The molecule has 0 saturated heterocycles. The van der Waals surface area contributed by atoms with Gasteiger partial charge < -0.3 is 9.59 Å². The molecule has 10 aliphatic carbocycles. The van der Waals surface area contributed by atoms with Gasteiger partial charge >= 0.3 is 6.18 Å². The van der Waals surface area contributed by atoms with Gasteiger partial charge in [0.05, 0.1) is 19.6 Å². The fourth-order valence-corrected chi connectivity index (χ4v) is 20.1. The molecule has 430 valence electrons. The van der Waals surface area contributed by atoms with Crippen LogP contribution in [0, 0.1) is 115 Å². The minimum atomic E-state index is -4.39. The largest absolute Gasteiger partial charge is 0.389 e. The number of fused-ring (bicyclic) bond motifs is 14. The van der Waals surface area contributed by atoms with Crippen LogP contribution < -0.4 is 0 Å². The van der Waals surface area contributed by atoms with Crippen molar-refractivity contribution in [1.29, 1.82) is 0 Å². The third-order valence-electron chi connectivity index (χ3n) is 24.6. The maximum Gasteiger partial charge on any atom is 0.389 e. The molecule has 0 unspecified atom stereocenters. The van der Waals surface area contributed by atoms with Crippen molar-refractivity contribution in [2.24, 2.45) is 101 Å². The van der Waals surface area contributed by atoms with Crippen molar-refractivity contribution in [3.05, 3.63) is 69.7 Å². The summed E-state index contributed by atoms with van der Waals surface area (Å²) >= 11 is 6.35. The molecule has 10 rings (SSSR count). The molecule has 0 aromatic rings. The molecular weight excluding hydrogens is 1010 g/mol. The monoisotopic (exact) mass is 1100 g/mol. The first-order valence-electron chi connectivity index (χ1n) is 29.1. The van der Waals surface area contributed by atoms with Crippen LogP contribution in [0.25, 0.3) is 9.69 Å². The molecule has 0 aromatic heterocycles. The molecule has 0 radical (unpaired) electrons. The van der Waals surface area contributed by atoms with Crippen LogP contribution in [0.4, 0.5) is 13.2 Å². The number of rotatable bonds is 4. The summed E-state index contributed by atoms with van der Waals surface area (Å²) in [5.41, 5.74) is -1.62. The summed E-state index contributed by atoms with van der Waals surface area (Å²) in [5.74, 6) is -1.91. The Balaban J connectivity index is 0.000000243. The number of allylic oxidation sites excluding steroid dienone is 8. The van der Waals surface area contributed by atoms with E-state index in [1.165, 1.54) is 7.40 Å². The van der Waals surface area contributed by atoms with Crippen LogP contribution in [0.5, 0.6) is 0 Å². The predicted molar refractivity (Wildman–Crippen MR) is 302 cm³/mol. The van der Waals surface area contributed by atoms with Gasteiger partial charge in [0.2, 0.25) is 16.6 Å². The molecule has 6 fully saturated rings. The minimum Gasteiger partial charge on any atom is -0.308 e. The SMILES string of the molecule is C.C.[3H]C.[C-]#[N+]C1=C[C@]2(C)C3=CC(=O)[C@@H]4[C@@H]5CC(C)(C)CC[C@]5(C(=O)CCC(F)(F)F)CC[C@@]4(C)[C@]3(C)CC[C@H]2[C@H](C)C1=O.[C-]#[N+]C1=C[C@]2(C)C3=CC(=O)[C@@H]4[C@@H]5CC(C)(C)CC[C@]5(C(=O)Cl)CC[C@@]4(C)[C@]3(C)CC[C@H]2[C@H](C)C1=O. The second kappa shape index (κ2) is 19.9. The predicted octanol–water partition coefficient (Wildman–Crippen LogP) is 16.9. The van der Waals surface area contributed by atoms with Gasteiger partial charge in [-0.3, -0.25) is 19.2 Å².